The smallest absolute Gasteiger partial charge is 0.211 e. The highest BCUT2D eigenvalue weighted by Crippen LogP contribution is 2.28. The molecule has 0 saturated heterocycles. The standard InChI is InChI=1S/C18H11ClN2O/c19-15-8-6-13(7-9-15)16-10-11-21(12-20)17(16)18(22)14-4-2-1-3-5-14/h1-11H. The average Bonchev–Trinajstić information content (AvgIpc) is 2.99. The Labute approximate surface area is 133 Å². The fraction of sp³-hybridized carbons (Fsp3) is 0. The summed E-state index contributed by atoms with van der Waals surface area (Å²) in [5.41, 5.74) is 2.47. The Kier molecular flexibility index (Phi) is 3.78. The molecule has 0 amide bonds. The quantitative estimate of drug-likeness (QED) is 0.675. The van der Waals surface area contributed by atoms with Crippen molar-refractivity contribution in [1.82, 2.24) is 4.57 Å². The fourth-order valence-corrected chi connectivity index (χ4v) is 2.46. The van der Waals surface area contributed by atoms with Gasteiger partial charge in [0.05, 0.1) is 0 Å². The molecule has 1 heterocycles. The Morgan fingerprint density at radius 1 is 1.00 bits per heavy atom. The zero-order chi connectivity index (χ0) is 15.5. The number of nitriles is 1. The number of hydrogen-bond acceptors (Lipinski definition) is 2. The molecule has 0 aliphatic carbocycles. The molecule has 0 atom stereocenters. The number of nitrogens with zero attached hydrogens (tertiary/aromatic N) is 2. The minimum absolute atomic E-state index is 0.183. The van der Waals surface area contributed by atoms with E-state index < -0.39 is 0 Å². The van der Waals surface area contributed by atoms with E-state index in [2.05, 4.69) is 0 Å². The van der Waals surface area contributed by atoms with Crippen LogP contribution in [0.3, 0.4) is 0 Å². The van der Waals surface area contributed by atoms with Gasteiger partial charge in [0, 0.05) is 22.3 Å². The molecule has 3 rings (SSSR count). The number of halogens is 1. The molecule has 3 nitrogen and oxygen atoms in total. The summed E-state index contributed by atoms with van der Waals surface area (Å²) in [7, 11) is 0. The molecular formula is C18H11ClN2O. The van der Waals surface area contributed by atoms with E-state index in [0.29, 0.717) is 21.8 Å². The molecule has 0 unspecified atom stereocenters. The van der Waals surface area contributed by atoms with E-state index >= 15 is 0 Å². The van der Waals surface area contributed by atoms with Crippen LogP contribution in [-0.2, 0) is 0 Å². The molecule has 0 aliphatic heterocycles. The summed E-state index contributed by atoms with van der Waals surface area (Å²) in [5, 5.41) is 9.88. The maximum Gasteiger partial charge on any atom is 0.211 e. The van der Waals surface area contributed by atoms with Crippen molar-refractivity contribution >= 4 is 17.4 Å². The number of hydrogen-bond donors (Lipinski definition) is 0. The summed E-state index contributed by atoms with van der Waals surface area (Å²) >= 11 is 5.91. The Morgan fingerprint density at radius 3 is 2.32 bits per heavy atom. The first-order valence-corrected chi connectivity index (χ1v) is 7.05. The third kappa shape index (κ3) is 2.52. The first-order valence-electron chi connectivity index (χ1n) is 6.68. The molecule has 3 aromatic rings. The number of benzene rings is 2. The lowest BCUT2D eigenvalue weighted by molar-refractivity contribution is 0.103. The van der Waals surface area contributed by atoms with Gasteiger partial charge < -0.3 is 0 Å². The average molecular weight is 307 g/mol. The van der Waals surface area contributed by atoms with Crippen LogP contribution in [-0.4, -0.2) is 10.4 Å². The summed E-state index contributed by atoms with van der Waals surface area (Å²) in [6, 6.07) is 17.9. The van der Waals surface area contributed by atoms with Crippen molar-refractivity contribution in [3.8, 4) is 17.3 Å². The second kappa shape index (κ2) is 5.88. The van der Waals surface area contributed by atoms with Gasteiger partial charge >= 0.3 is 0 Å². The SMILES string of the molecule is N#Cn1ccc(-c2ccc(Cl)cc2)c1C(=O)c1ccccc1. The van der Waals surface area contributed by atoms with E-state index in [1.54, 1.807) is 48.7 Å². The third-order valence-electron chi connectivity index (χ3n) is 3.40. The van der Waals surface area contributed by atoms with Crippen LogP contribution in [0.4, 0.5) is 0 Å². The molecule has 0 saturated carbocycles. The molecule has 0 spiro atoms. The van der Waals surface area contributed by atoms with Gasteiger partial charge in [-0.1, -0.05) is 54.1 Å². The highest BCUT2D eigenvalue weighted by atomic mass is 35.5. The van der Waals surface area contributed by atoms with Gasteiger partial charge in [0.1, 0.15) is 5.69 Å². The van der Waals surface area contributed by atoms with Crippen molar-refractivity contribution in [3.05, 3.63) is 83.1 Å². The summed E-state index contributed by atoms with van der Waals surface area (Å²) in [4.78, 5) is 12.8. The molecule has 22 heavy (non-hydrogen) atoms. The molecule has 0 aliphatic rings. The van der Waals surface area contributed by atoms with Gasteiger partial charge in [-0.25, -0.2) is 0 Å². The predicted octanol–water partition coefficient (Wildman–Crippen LogP) is 4.37. The number of carbonyl (C=O) groups is 1. The van der Waals surface area contributed by atoms with E-state index in [0.717, 1.165) is 5.56 Å². The van der Waals surface area contributed by atoms with Crippen LogP contribution in [0.2, 0.25) is 5.02 Å². The first kappa shape index (κ1) is 14.1. The molecule has 106 valence electrons. The van der Waals surface area contributed by atoms with Crippen molar-refractivity contribution in [1.29, 1.82) is 5.26 Å². The second-order valence-electron chi connectivity index (χ2n) is 4.75. The van der Waals surface area contributed by atoms with E-state index in [9.17, 15) is 10.1 Å². The zero-order valence-electron chi connectivity index (χ0n) is 11.5. The van der Waals surface area contributed by atoms with Crippen molar-refractivity contribution in [2.24, 2.45) is 0 Å². The van der Waals surface area contributed by atoms with E-state index in [1.165, 1.54) is 4.57 Å². The van der Waals surface area contributed by atoms with E-state index in [4.69, 9.17) is 11.6 Å². The Balaban J connectivity index is 2.15. The normalized spacial score (nSPS) is 10.2. The van der Waals surface area contributed by atoms with Crippen LogP contribution in [0.5, 0.6) is 0 Å². The molecule has 1 aromatic heterocycles. The maximum atomic E-state index is 12.8. The van der Waals surface area contributed by atoms with Crippen LogP contribution in [0, 0.1) is 11.5 Å². The van der Waals surface area contributed by atoms with Gasteiger partial charge in [0.15, 0.2) is 6.19 Å². The van der Waals surface area contributed by atoms with Gasteiger partial charge in [0.25, 0.3) is 0 Å². The van der Waals surface area contributed by atoms with Gasteiger partial charge in [0.2, 0.25) is 5.78 Å². The van der Waals surface area contributed by atoms with E-state index in [-0.39, 0.29) is 5.78 Å². The molecule has 4 heteroatoms. The Hall–Kier alpha value is -2.83. The van der Waals surface area contributed by atoms with Gasteiger partial charge in [-0.2, -0.15) is 5.26 Å². The highest BCUT2D eigenvalue weighted by molar-refractivity contribution is 6.30. The lowest BCUT2D eigenvalue weighted by atomic mass is 10.0. The number of aromatic nitrogens is 1. The molecule has 0 fully saturated rings. The van der Waals surface area contributed by atoms with Crippen LogP contribution < -0.4 is 0 Å². The van der Waals surface area contributed by atoms with Crippen LogP contribution in [0.25, 0.3) is 11.1 Å². The van der Waals surface area contributed by atoms with Crippen molar-refractivity contribution in [2.75, 3.05) is 0 Å². The second-order valence-corrected chi connectivity index (χ2v) is 5.19. The lowest BCUT2D eigenvalue weighted by Crippen LogP contribution is -2.08. The number of rotatable bonds is 3. The van der Waals surface area contributed by atoms with Crippen molar-refractivity contribution < 1.29 is 4.79 Å². The maximum absolute atomic E-state index is 12.8. The van der Waals surface area contributed by atoms with Crippen LogP contribution >= 0.6 is 11.6 Å². The molecule has 0 radical (unpaired) electrons. The largest absolute Gasteiger partial charge is 0.287 e. The van der Waals surface area contributed by atoms with Crippen molar-refractivity contribution in [2.45, 2.75) is 0 Å². The molecular weight excluding hydrogens is 296 g/mol. The minimum atomic E-state index is -0.183. The van der Waals surface area contributed by atoms with Crippen molar-refractivity contribution in [3.63, 3.8) is 0 Å². The third-order valence-corrected chi connectivity index (χ3v) is 3.65. The summed E-state index contributed by atoms with van der Waals surface area (Å²) < 4.78 is 1.29. The minimum Gasteiger partial charge on any atom is -0.287 e. The van der Waals surface area contributed by atoms with E-state index in [1.807, 2.05) is 24.4 Å². The zero-order valence-corrected chi connectivity index (χ0v) is 12.3. The summed E-state index contributed by atoms with van der Waals surface area (Å²) in [6.45, 7) is 0. The number of ketones is 1. The predicted molar refractivity (Wildman–Crippen MR) is 85.8 cm³/mol. The highest BCUT2D eigenvalue weighted by Gasteiger charge is 2.19. The Bertz CT molecular complexity index is 858. The fourth-order valence-electron chi connectivity index (χ4n) is 2.34. The van der Waals surface area contributed by atoms with Gasteiger partial charge in [-0.3, -0.25) is 9.36 Å². The topological polar surface area (TPSA) is 45.8 Å². The lowest BCUT2D eigenvalue weighted by Gasteiger charge is -2.06. The summed E-state index contributed by atoms with van der Waals surface area (Å²) in [6.07, 6.45) is 3.61. The first-order chi connectivity index (χ1) is 10.7. The molecule has 0 bridgehead atoms. The van der Waals surface area contributed by atoms with Gasteiger partial charge in [-0.15, -0.1) is 0 Å². The van der Waals surface area contributed by atoms with Crippen LogP contribution in [0.1, 0.15) is 16.1 Å². The van der Waals surface area contributed by atoms with Crippen LogP contribution in [0.15, 0.2) is 66.9 Å². The summed E-state index contributed by atoms with van der Waals surface area (Å²) in [5.74, 6) is -0.183. The number of carbonyl (C=O) groups excluding carboxylic acids is 1. The Morgan fingerprint density at radius 2 is 1.68 bits per heavy atom. The van der Waals surface area contributed by atoms with Gasteiger partial charge in [-0.05, 0) is 23.8 Å². The molecule has 2 aromatic carbocycles. The monoisotopic (exact) mass is 306 g/mol. The molecule has 0 N–H and O–H groups in total.